The summed E-state index contributed by atoms with van der Waals surface area (Å²) in [6.45, 7) is 0. The maximum absolute atomic E-state index is 12.1. The van der Waals surface area contributed by atoms with E-state index in [1.165, 1.54) is 37.6 Å². The zero-order valence-electron chi connectivity index (χ0n) is 11.0. The van der Waals surface area contributed by atoms with E-state index in [-0.39, 0.29) is 27.6 Å². The Morgan fingerprint density at radius 3 is 2.76 bits per heavy atom. The van der Waals surface area contributed by atoms with Crippen molar-refractivity contribution in [1.82, 2.24) is 4.98 Å². The first-order valence-electron chi connectivity index (χ1n) is 5.85. The van der Waals surface area contributed by atoms with Crippen molar-refractivity contribution in [1.29, 1.82) is 0 Å². The second-order valence-electron chi connectivity index (χ2n) is 4.03. The Bertz CT molecular complexity index is 703. The Kier molecular flexibility index (Phi) is 4.39. The number of nitrogens with one attached hydrogen (secondary N) is 1. The van der Waals surface area contributed by atoms with Crippen molar-refractivity contribution in [3.05, 3.63) is 52.8 Å². The van der Waals surface area contributed by atoms with E-state index in [0.29, 0.717) is 0 Å². The lowest BCUT2D eigenvalue weighted by atomic mass is 10.2. The molecule has 0 atom stereocenters. The molecule has 2 rings (SSSR count). The standard InChI is InChI=1S/C14H11ClN2O4/c1-21-14(20)8-2-3-10(15)11(6-8)17-13(19)9-4-5-16-7-12(9)18/h2-7,18H,1H3,(H,17,19). The summed E-state index contributed by atoms with van der Waals surface area (Å²) in [4.78, 5) is 27.2. The molecule has 0 unspecified atom stereocenters. The average Bonchev–Trinajstić information content (AvgIpc) is 2.49. The molecule has 2 aromatic rings. The number of aromatic hydroxyl groups is 1. The lowest BCUT2D eigenvalue weighted by molar-refractivity contribution is 0.0600. The second-order valence-corrected chi connectivity index (χ2v) is 4.44. The van der Waals surface area contributed by atoms with Gasteiger partial charge in [0.25, 0.3) is 5.91 Å². The van der Waals surface area contributed by atoms with Crippen molar-refractivity contribution >= 4 is 29.2 Å². The van der Waals surface area contributed by atoms with Crippen LogP contribution in [0.15, 0.2) is 36.7 Å². The van der Waals surface area contributed by atoms with Crippen LogP contribution in [0, 0.1) is 0 Å². The highest BCUT2D eigenvalue weighted by atomic mass is 35.5. The molecule has 0 aliphatic heterocycles. The number of benzene rings is 1. The molecule has 108 valence electrons. The van der Waals surface area contributed by atoms with Gasteiger partial charge in [-0.2, -0.15) is 0 Å². The number of carbonyl (C=O) groups excluding carboxylic acids is 2. The minimum atomic E-state index is -0.571. The number of aromatic nitrogens is 1. The van der Waals surface area contributed by atoms with Gasteiger partial charge in [-0.05, 0) is 24.3 Å². The van der Waals surface area contributed by atoms with E-state index < -0.39 is 11.9 Å². The Hall–Kier alpha value is -2.60. The van der Waals surface area contributed by atoms with Gasteiger partial charge in [-0.25, -0.2) is 4.79 Å². The number of methoxy groups -OCH3 is 1. The predicted molar refractivity (Wildman–Crippen MR) is 76.6 cm³/mol. The van der Waals surface area contributed by atoms with E-state index in [9.17, 15) is 14.7 Å². The summed E-state index contributed by atoms with van der Waals surface area (Å²) in [6, 6.07) is 5.70. The van der Waals surface area contributed by atoms with Crippen molar-refractivity contribution in [3.8, 4) is 5.75 Å². The summed E-state index contributed by atoms with van der Waals surface area (Å²) in [5.41, 5.74) is 0.529. The van der Waals surface area contributed by atoms with E-state index in [1.807, 2.05) is 0 Å². The quantitative estimate of drug-likeness (QED) is 0.850. The second kappa shape index (κ2) is 6.23. The summed E-state index contributed by atoms with van der Waals surface area (Å²) >= 11 is 5.97. The fourth-order valence-electron chi connectivity index (χ4n) is 1.63. The maximum atomic E-state index is 12.1. The van der Waals surface area contributed by atoms with Gasteiger partial charge < -0.3 is 15.2 Å². The first-order chi connectivity index (χ1) is 10.0. The molecule has 1 amide bonds. The van der Waals surface area contributed by atoms with E-state index in [2.05, 4.69) is 15.0 Å². The van der Waals surface area contributed by atoms with Crippen molar-refractivity contribution in [2.45, 2.75) is 0 Å². The molecular formula is C14H11ClN2O4. The molecule has 0 saturated heterocycles. The summed E-state index contributed by atoms with van der Waals surface area (Å²) in [7, 11) is 1.25. The van der Waals surface area contributed by atoms with Gasteiger partial charge in [-0.3, -0.25) is 9.78 Å². The summed E-state index contributed by atoms with van der Waals surface area (Å²) in [5, 5.41) is 12.4. The van der Waals surface area contributed by atoms with Crippen molar-refractivity contribution in [2.75, 3.05) is 12.4 Å². The molecule has 0 spiro atoms. The number of carbonyl (C=O) groups is 2. The summed E-state index contributed by atoms with van der Waals surface area (Å²) in [5.74, 6) is -1.37. The van der Waals surface area contributed by atoms with E-state index in [1.54, 1.807) is 0 Å². The topological polar surface area (TPSA) is 88.5 Å². The SMILES string of the molecule is COC(=O)c1ccc(Cl)c(NC(=O)c2ccncc2O)c1. The Morgan fingerprint density at radius 2 is 2.10 bits per heavy atom. The zero-order chi connectivity index (χ0) is 15.4. The van der Waals surface area contributed by atoms with Crippen LogP contribution in [-0.4, -0.2) is 29.1 Å². The maximum Gasteiger partial charge on any atom is 0.337 e. The third-order valence-electron chi connectivity index (χ3n) is 2.68. The molecule has 2 N–H and O–H groups in total. The van der Waals surface area contributed by atoms with Crippen molar-refractivity contribution < 1.29 is 19.4 Å². The van der Waals surface area contributed by atoms with Crippen LogP contribution in [0.4, 0.5) is 5.69 Å². The van der Waals surface area contributed by atoms with Crippen LogP contribution < -0.4 is 5.32 Å². The number of anilines is 1. The van der Waals surface area contributed by atoms with Gasteiger partial charge in [0.05, 0.1) is 35.1 Å². The summed E-state index contributed by atoms with van der Waals surface area (Å²) in [6.07, 6.45) is 2.53. The fourth-order valence-corrected chi connectivity index (χ4v) is 1.80. The van der Waals surface area contributed by atoms with Gasteiger partial charge in [0, 0.05) is 6.20 Å². The number of ether oxygens (including phenoxy) is 1. The van der Waals surface area contributed by atoms with Crippen LogP contribution >= 0.6 is 11.6 Å². The molecule has 0 radical (unpaired) electrons. The predicted octanol–water partition coefficient (Wildman–Crippen LogP) is 2.48. The Balaban J connectivity index is 2.29. The number of esters is 1. The highest BCUT2D eigenvalue weighted by molar-refractivity contribution is 6.34. The highest BCUT2D eigenvalue weighted by Gasteiger charge is 2.14. The van der Waals surface area contributed by atoms with Gasteiger partial charge in [-0.15, -0.1) is 0 Å². The number of nitrogens with zero attached hydrogens (tertiary/aromatic N) is 1. The number of hydrogen-bond donors (Lipinski definition) is 2. The minimum absolute atomic E-state index is 0.0459. The third-order valence-corrected chi connectivity index (χ3v) is 3.01. The molecule has 0 saturated carbocycles. The fraction of sp³-hybridized carbons (Fsp3) is 0.0714. The van der Waals surface area contributed by atoms with Crippen LogP contribution in [0.25, 0.3) is 0 Å². The lowest BCUT2D eigenvalue weighted by Crippen LogP contribution is -2.13. The van der Waals surface area contributed by atoms with Crippen molar-refractivity contribution in [2.24, 2.45) is 0 Å². The molecule has 0 aliphatic carbocycles. The normalized spacial score (nSPS) is 10.0. The molecule has 0 fully saturated rings. The van der Waals surface area contributed by atoms with Gasteiger partial charge >= 0.3 is 5.97 Å². The van der Waals surface area contributed by atoms with Gasteiger partial charge in [-0.1, -0.05) is 11.6 Å². The molecule has 7 heteroatoms. The number of hydrogen-bond acceptors (Lipinski definition) is 5. The van der Waals surface area contributed by atoms with Gasteiger partial charge in [0.1, 0.15) is 5.75 Å². The zero-order valence-corrected chi connectivity index (χ0v) is 11.7. The number of rotatable bonds is 3. The third kappa shape index (κ3) is 3.29. The minimum Gasteiger partial charge on any atom is -0.505 e. The van der Waals surface area contributed by atoms with Crippen LogP contribution in [0.1, 0.15) is 20.7 Å². The van der Waals surface area contributed by atoms with E-state index in [0.717, 1.165) is 6.20 Å². The molecular weight excluding hydrogens is 296 g/mol. The van der Waals surface area contributed by atoms with Gasteiger partial charge in [0.15, 0.2) is 0 Å². The average molecular weight is 307 g/mol. The molecule has 0 aliphatic rings. The monoisotopic (exact) mass is 306 g/mol. The van der Waals surface area contributed by atoms with Gasteiger partial charge in [0.2, 0.25) is 0 Å². The molecule has 6 nitrogen and oxygen atoms in total. The van der Waals surface area contributed by atoms with Crippen molar-refractivity contribution in [3.63, 3.8) is 0 Å². The first kappa shape index (κ1) is 14.8. The smallest absolute Gasteiger partial charge is 0.337 e. The lowest BCUT2D eigenvalue weighted by Gasteiger charge is -2.09. The van der Waals surface area contributed by atoms with Crippen LogP contribution in [0.5, 0.6) is 5.75 Å². The highest BCUT2D eigenvalue weighted by Crippen LogP contribution is 2.25. The van der Waals surface area contributed by atoms with Crippen LogP contribution in [-0.2, 0) is 4.74 Å². The number of halogens is 1. The van der Waals surface area contributed by atoms with E-state index >= 15 is 0 Å². The van der Waals surface area contributed by atoms with Crippen LogP contribution in [0.3, 0.4) is 0 Å². The Labute approximate surface area is 125 Å². The largest absolute Gasteiger partial charge is 0.505 e. The van der Waals surface area contributed by atoms with Crippen LogP contribution in [0.2, 0.25) is 5.02 Å². The number of pyridine rings is 1. The first-order valence-corrected chi connectivity index (χ1v) is 6.23. The molecule has 0 bridgehead atoms. The molecule has 1 aromatic heterocycles. The van der Waals surface area contributed by atoms with E-state index in [4.69, 9.17) is 11.6 Å². The molecule has 21 heavy (non-hydrogen) atoms. The molecule has 1 aromatic carbocycles. The number of amides is 1. The Morgan fingerprint density at radius 1 is 1.33 bits per heavy atom. The molecule has 1 heterocycles. The summed E-state index contributed by atoms with van der Waals surface area (Å²) < 4.78 is 4.60.